The van der Waals surface area contributed by atoms with Gasteiger partial charge in [0.1, 0.15) is 35.8 Å². The van der Waals surface area contributed by atoms with E-state index in [-0.39, 0.29) is 5.82 Å². The molecule has 1 unspecified atom stereocenters. The van der Waals surface area contributed by atoms with E-state index in [9.17, 15) is 19.3 Å². The highest BCUT2D eigenvalue weighted by atomic mass is 31.2. The first-order chi connectivity index (χ1) is 19.4. The molecule has 2 aromatic rings. The third-order valence-corrected chi connectivity index (χ3v) is 7.86. The summed E-state index contributed by atoms with van der Waals surface area (Å²) in [5.74, 6) is -1.00. The van der Waals surface area contributed by atoms with E-state index in [1.165, 1.54) is 10.8 Å². The summed E-state index contributed by atoms with van der Waals surface area (Å²) in [4.78, 5) is 28.3. The van der Waals surface area contributed by atoms with Crippen LogP contribution < -0.4 is 5.73 Å². The summed E-state index contributed by atoms with van der Waals surface area (Å²) in [6.45, 7) is 7.88. The quantitative estimate of drug-likeness (QED) is 0.224. The maximum absolute atomic E-state index is 13.5. The van der Waals surface area contributed by atoms with Crippen molar-refractivity contribution in [3.8, 4) is 0 Å². The van der Waals surface area contributed by atoms with Crippen molar-refractivity contribution in [1.29, 1.82) is 0 Å². The van der Waals surface area contributed by atoms with Crippen LogP contribution in [0.1, 0.15) is 60.3 Å². The van der Waals surface area contributed by atoms with E-state index in [1.54, 1.807) is 60.6 Å². The standard InChI is InChI=1S/C25H37N4O12P/c1-23(2,3)20(30)34-12-37-42(33,38-13-35-21(31)24(4,5)6)36-10-16-18-25(7,41-22(32)40-18)17(39-16)14-8-9-15-19(26)27-11-28-29(14)15/h8-9,11,16-18,22,32H,10,12-13H2,1-7H3,(H2,26,27,28)/t16-,17+,18-,22?,25+/m1/s1. The maximum atomic E-state index is 13.5. The molecule has 2 aliphatic heterocycles. The predicted molar refractivity (Wildman–Crippen MR) is 142 cm³/mol. The number of hydrogen-bond acceptors (Lipinski definition) is 15. The number of nitrogens with two attached hydrogens (primary N) is 1. The zero-order valence-electron chi connectivity index (χ0n) is 24.5. The van der Waals surface area contributed by atoms with E-state index in [1.807, 2.05) is 0 Å². The van der Waals surface area contributed by atoms with Gasteiger partial charge in [-0.15, -0.1) is 0 Å². The Balaban J connectivity index is 1.51. The molecule has 0 radical (unpaired) electrons. The van der Waals surface area contributed by atoms with Gasteiger partial charge in [0.2, 0.25) is 13.6 Å². The molecule has 0 bridgehead atoms. The summed E-state index contributed by atoms with van der Waals surface area (Å²) in [6.07, 6.45) is -1.46. The van der Waals surface area contributed by atoms with Gasteiger partial charge in [-0.05, 0) is 60.6 Å². The molecule has 2 saturated heterocycles. The van der Waals surface area contributed by atoms with Gasteiger partial charge in [-0.3, -0.25) is 14.1 Å². The van der Waals surface area contributed by atoms with Gasteiger partial charge in [-0.2, -0.15) is 5.10 Å². The van der Waals surface area contributed by atoms with Crippen LogP contribution in [0.15, 0.2) is 18.5 Å². The fraction of sp³-hybridized carbons (Fsp3) is 0.680. The number of rotatable bonds is 10. The molecule has 4 heterocycles. The summed E-state index contributed by atoms with van der Waals surface area (Å²) < 4.78 is 58.6. The molecule has 2 aliphatic rings. The molecule has 0 aliphatic carbocycles. The number of aliphatic hydroxyl groups excluding tert-OH is 1. The summed E-state index contributed by atoms with van der Waals surface area (Å²) in [6, 6.07) is 3.42. The van der Waals surface area contributed by atoms with Crippen molar-refractivity contribution in [2.75, 3.05) is 25.9 Å². The second-order valence-electron chi connectivity index (χ2n) is 12.0. The number of fused-ring (bicyclic) bond motifs is 2. The lowest BCUT2D eigenvalue weighted by Gasteiger charge is -2.26. The van der Waals surface area contributed by atoms with E-state index in [2.05, 4.69) is 10.1 Å². The number of carbonyl (C=O) groups excluding carboxylic acids is 2. The van der Waals surface area contributed by atoms with Gasteiger partial charge in [0.25, 0.3) is 6.48 Å². The molecular weight excluding hydrogens is 579 g/mol. The average molecular weight is 617 g/mol. The number of aliphatic hydroxyl groups is 1. The number of esters is 2. The molecule has 234 valence electrons. The van der Waals surface area contributed by atoms with Gasteiger partial charge in [0.05, 0.1) is 23.1 Å². The van der Waals surface area contributed by atoms with Crippen molar-refractivity contribution in [3.05, 3.63) is 24.2 Å². The van der Waals surface area contributed by atoms with Crippen molar-refractivity contribution in [3.63, 3.8) is 0 Å². The number of phosphoric ester groups is 1. The molecule has 4 rings (SSSR count). The Labute approximate surface area is 242 Å². The SMILES string of the molecule is CC(C)(C)C(=O)OCOP(=O)(OCOC(=O)C(C)(C)C)OC[C@H]1O[C@@H](c2ccc3c(N)ncnn23)[C@]2(C)OC(O)O[C@H]12. The molecule has 2 aromatic heterocycles. The molecule has 3 N–H and O–H groups in total. The average Bonchev–Trinajstić information content (AvgIpc) is 3.51. The molecule has 0 amide bonds. The van der Waals surface area contributed by atoms with Crippen LogP contribution in [-0.2, 0) is 51.4 Å². The summed E-state index contributed by atoms with van der Waals surface area (Å²) in [5.41, 5.74) is 4.07. The van der Waals surface area contributed by atoms with E-state index < -0.39 is 81.2 Å². The van der Waals surface area contributed by atoms with Crippen LogP contribution in [-0.4, -0.2) is 76.1 Å². The monoisotopic (exact) mass is 616 g/mol. The minimum atomic E-state index is -4.52. The smallest absolute Gasteiger partial charge is 0.437 e. The van der Waals surface area contributed by atoms with Gasteiger partial charge < -0.3 is 34.5 Å². The highest BCUT2D eigenvalue weighted by molar-refractivity contribution is 7.48. The van der Waals surface area contributed by atoms with Gasteiger partial charge in [-0.1, -0.05) is 0 Å². The number of phosphoric acid groups is 1. The molecule has 5 atom stereocenters. The van der Waals surface area contributed by atoms with Crippen LogP contribution in [0.25, 0.3) is 5.52 Å². The summed E-state index contributed by atoms with van der Waals surface area (Å²) >= 11 is 0. The Morgan fingerprint density at radius 3 is 2.21 bits per heavy atom. The highest BCUT2D eigenvalue weighted by Crippen LogP contribution is 2.53. The zero-order valence-corrected chi connectivity index (χ0v) is 25.4. The lowest BCUT2D eigenvalue weighted by Crippen LogP contribution is -2.41. The Hall–Kier alpha value is -2.69. The van der Waals surface area contributed by atoms with Gasteiger partial charge in [0.15, 0.2) is 5.82 Å². The highest BCUT2D eigenvalue weighted by Gasteiger charge is 2.62. The third kappa shape index (κ3) is 6.76. The molecular formula is C25H37N4O12P. The summed E-state index contributed by atoms with van der Waals surface area (Å²) in [5, 5.41) is 14.4. The third-order valence-electron chi connectivity index (χ3n) is 6.55. The van der Waals surface area contributed by atoms with E-state index in [0.29, 0.717) is 11.2 Å². The zero-order chi connectivity index (χ0) is 31.1. The van der Waals surface area contributed by atoms with Crippen molar-refractivity contribution < 1.29 is 56.5 Å². The number of aromatic nitrogens is 3. The molecule has 0 saturated carbocycles. The fourth-order valence-corrected chi connectivity index (χ4v) is 5.20. The first-order valence-corrected chi connectivity index (χ1v) is 14.5. The number of anilines is 1. The molecule has 0 aromatic carbocycles. The van der Waals surface area contributed by atoms with Crippen LogP contribution in [0.4, 0.5) is 5.82 Å². The van der Waals surface area contributed by atoms with Gasteiger partial charge in [0, 0.05) is 0 Å². The van der Waals surface area contributed by atoms with Crippen LogP contribution in [0.5, 0.6) is 0 Å². The Bertz CT molecular complexity index is 1320. The van der Waals surface area contributed by atoms with Crippen LogP contribution in [0, 0.1) is 10.8 Å². The normalized spacial score (nSPS) is 26.4. The number of carbonyl (C=O) groups is 2. The Morgan fingerprint density at radius 2 is 1.64 bits per heavy atom. The second kappa shape index (κ2) is 11.8. The molecule has 42 heavy (non-hydrogen) atoms. The molecule has 17 heteroatoms. The second-order valence-corrected chi connectivity index (χ2v) is 13.7. The van der Waals surface area contributed by atoms with Crippen molar-refractivity contribution >= 4 is 31.1 Å². The first kappa shape index (κ1) is 32.2. The number of nitrogens with zero attached hydrogens (tertiary/aromatic N) is 3. The van der Waals surface area contributed by atoms with E-state index in [0.717, 1.165) is 0 Å². The maximum Gasteiger partial charge on any atom is 0.480 e. The van der Waals surface area contributed by atoms with E-state index in [4.69, 9.17) is 43.0 Å². The van der Waals surface area contributed by atoms with Crippen molar-refractivity contribution in [2.45, 2.75) is 78.9 Å². The molecule has 16 nitrogen and oxygen atoms in total. The van der Waals surface area contributed by atoms with Crippen LogP contribution >= 0.6 is 7.82 Å². The minimum Gasteiger partial charge on any atom is -0.437 e. The number of hydrogen-bond donors (Lipinski definition) is 2. The summed E-state index contributed by atoms with van der Waals surface area (Å²) in [7, 11) is -4.52. The number of ether oxygens (including phenoxy) is 5. The van der Waals surface area contributed by atoms with Crippen molar-refractivity contribution in [2.24, 2.45) is 10.8 Å². The van der Waals surface area contributed by atoms with Crippen LogP contribution in [0.2, 0.25) is 0 Å². The van der Waals surface area contributed by atoms with Crippen molar-refractivity contribution in [1.82, 2.24) is 14.6 Å². The van der Waals surface area contributed by atoms with Gasteiger partial charge >= 0.3 is 19.8 Å². The first-order valence-electron chi connectivity index (χ1n) is 13.1. The minimum absolute atomic E-state index is 0.244. The lowest BCUT2D eigenvalue weighted by molar-refractivity contribution is -0.250. The largest absolute Gasteiger partial charge is 0.480 e. The van der Waals surface area contributed by atoms with Gasteiger partial charge in [-0.25, -0.2) is 23.1 Å². The van der Waals surface area contributed by atoms with E-state index >= 15 is 0 Å². The van der Waals surface area contributed by atoms with Crippen LogP contribution in [0.3, 0.4) is 0 Å². The molecule has 0 spiro atoms. The lowest BCUT2D eigenvalue weighted by atomic mass is 9.91. The molecule has 2 fully saturated rings. The topological polar surface area (TPSA) is 201 Å². The fourth-order valence-electron chi connectivity index (χ4n) is 4.28. The number of nitrogen functional groups attached to an aromatic ring is 1. The Kier molecular flexibility index (Phi) is 9.03. The predicted octanol–water partition coefficient (Wildman–Crippen LogP) is 2.45. The Morgan fingerprint density at radius 1 is 1.05 bits per heavy atom.